The van der Waals surface area contributed by atoms with E-state index in [1.165, 1.54) is 0 Å². The molecule has 0 unspecified atom stereocenters. The van der Waals surface area contributed by atoms with Gasteiger partial charge in [0.1, 0.15) is 5.82 Å². The van der Waals surface area contributed by atoms with Gasteiger partial charge in [-0.3, -0.25) is 9.69 Å². The molecule has 2 rings (SSSR count). The maximum absolute atomic E-state index is 12.2. The average molecular weight is 361 g/mol. The number of carbonyl (C=O) groups excluding carboxylic acids is 3. The molecule has 0 bridgehead atoms. The first-order chi connectivity index (χ1) is 12.4. The lowest BCUT2D eigenvalue weighted by atomic mass is 10.1. The third-order valence-electron chi connectivity index (χ3n) is 3.60. The lowest BCUT2D eigenvalue weighted by Crippen LogP contribution is -2.47. The molecule has 0 radical (unpaired) electrons. The fourth-order valence-corrected chi connectivity index (χ4v) is 2.44. The second-order valence-corrected chi connectivity index (χ2v) is 5.92. The summed E-state index contributed by atoms with van der Waals surface area (Å²) < 4.78 is 5.01. The zero-order chi connectivity index (χ0) is 19.1. The van der Waals surface area contributed by atoms with Crippen molar-refractivity contribution in [2.75, 3.05) is 38.6 Å². The number of carbonyl (C=O) groups is 3. The van der Waals surface area contributed by atoms with Gasteiger partial charge in [-0.25, -0.2) is 14.6 Å². The fraction of sp³-hybridized carbons (Fsp3) is 0.412. The summed E-state index contributed by atoms with van der Waals surface area (Å²) in [4.78, 5) is 41.5. The maximum Gasteiger partial charge on any atom is 0.337 e. The number of nitrogens with zero attached hydrogens (tertiary/aromatic N) is 2. The van der Waals surface area contributed by atoms with Gasteiger partial charge in [0.25, 0.3) is 0 Å². The van der Waals surface area contributed by atoms with Crippen LogP contribution in [0.2, 0.25) is 0 Å². The van der Waals surface area contributed by atoms with Gasteiger partial charge in [-0.1, -0.05) is 0 Å². The highest BCUT2D eigenvalue weighted by atomic mass is 16.5. The van der Waals surface area contributed by atoms with E-state index in [2.05, 4.69) is 20.9 Å². The van der Waals surface area contributed by atoms with E-state index in [1.807, 2.05) is 13.0 Å². The smallest absolute Gasteiger partial charge is 0.337 e. The number of aromatic nitrogens is 1. The summed E-state index contributed by atoms with van der Waals surface area (Å²) in [7, 11) is 1.72. The van der Waals surface area contributed by atoms with Gasteiger partial charge < -0.3 is 20.7 Å². The Kier molecular flexibility index (Phi) is 6.67. The van der Waals surface area contributed by atoms with Crippen LogP contribution in [-0.4, -0.2) is 61.1 Å². The lowest BCUT2D eigenvalue weighted by molar-refractivity contribution is -0.138. The van der Waals surface area contributed by atoms with Crippen LogP contribution in [0.25, 0.3) is 0 Å². The van der Waals surface area contributed by atoms with Crippen molar-refractivity contribution in [3.63, 3.8) is 0 Å². The van der Waals surface area contributed by atoms with Gasteiger partial charge in [0, 0.05) is 18.4 Å². The lowest BCUT2D eigenvalue weighted by Gasteiger charge is -2.25. The summed E-state index contributed by atoms with van der Waals surface area (Å²) in [6.45, 7) is 4.24. The van der Waals surface area contributed by atoms with Crippen LogP contribution in [-0.2, 0) is 14.3 Å². The van der Waals surface area contributed by atoms with Crippen LogP contribution in [0.3, 0.4) is 0 Å². The topological polar surface area (TPSA) is 113 Å². The van der Waals surface area contributed by atoms with Gasteiger partial charge in [0.2, 0.25) is 5.91 Å². The number of ether oxygens (including phenoxy) is 1. The molecule has 1 aliphatic heterocycles. The van der Waals surface area contributed by atoms with Crippen molar-refractivity contribution in [1.29, 1.82) is 0 Å². The minimum absolute atomic E-state index is 0.0680. The van der Waals surface area contributed by atoms with Crippen LogP contribution in [0.15, 0.2) is 29.6 Å². The van der Waals surface area contributed by atoms with Crippen molar-refractivity contribution in [1.82, 2.24) is 20.5 Å². The molecule has 0 atom stereocenters. The molecule has 1 aromatic rings. The van der Waals surface area contributed by atoms with Crippen LogP contribution in [0.1, 0.15) is 12.5 Å². The molecule has 1 aromatic heterocycles. The molecule has 0 fully saturated rings. The van der Waals surface area contributed by atoms with E-state index in [0.717, 1.165) is 5.56 Å². The molecule has 9 heteroatoms. The maximum atomic E-state index is 12.2. The van der Waals surface area contributed by atoms with Gasteiger partial charge >= 0.3 is 12.0 Å². The monoisotopic (exact) mass is 361 g/mol. The van der Waals surface area contributed by atoms with Crippen molar-refractivity contribution in [2.45, 2.75) is 13.8 Å². The SMILES string of the molecule is CCOC(=O)C1=C(CN(C)CC(=O)Nc2cc(C)ccn2)NC(=O)NC1. The molecule has 3 N–H and O–H groups in total. The second-order valence-electron chi connectivity index (χ2n) is 5.92. The molecule has 3 amide bonds. The first kappa shape index (κ1) is 19.4. The molecule has 0 saturated carbocycles. The Hall–Kier alpha value is -2.94. The van der Waals surface area contributed by atoms with E-state index in [4.69, 9.17) is 4.74 Å². The molecule has 0 saturated heterocycles. The van der Waals surface area contributed by atoms with E-state index in [9.17, 15) is 14.4 Å². The number of hydrogen-bond acceptors (Lipinski definition) is 6. The highest BCUT2D eigenvalue weighted by molar-refractivity contribution is 5.94. The Morgan fingerprint density at radius 3 is 2.88 bits per heavy atom. The van der Waals surface area contributed by atoms with Gasteiger partial charge in [0.05, 0.1) is 25.3 Å². The third-order valence-corrected chi connectivity index (χ3v) is 3.60. The zero-order valence-electron chi connectivity index (χ0n) is 15.1. The molecule has 9 nitrogen and oxygen atoms in total. The normalized spacial score (nSPS) is 13.9. The number of hydrogen-bond donors (Lipinski definition) is 3. The summed E-state index contributed by atoms with van der Waals surface area (Å²) in [5.74, 6) is -0.258. The minimum Gasteiger partial charge on any atom is -0.463 e. The molecule has 0 aliphatic carbocycles. The Morgan fingerprint density at radius 1 is 1.42 bits per heavy atom. The molecular formula is C17H23N5O4. The van der Waals surface area contributed by atoms with Gasteiger partial charge in [-0.2, -0.15) is 0 Å². The molecule has 140 valence electrons. The van der Waals surface area contributed by atoms with E-state index >= 15 is 0 Å². The van der Waals surface area contributed by atoms with E-state index in [-0.39, 0.29) is 32.1 Å². The Balaban J connectivity index is 1.99. The number of amides is 3. The fourth-order valence-electron chi connectivity index (χ4n) is 2.44. The van der Waals surface area contributed by atoms with Crippen molar-refractivity contribution in [2.24, 2.45) is 0 Å². The quantitative estimate of drug-likeness (QED) is 0.606. The van der Waals surface area contributed by atoms with Crippen LogP contribution >= 0.6 is 0 Å². The van der Waals surface area contributed by atoms with Crippen LogP contribution in [0, 0.1) is 6.92 Å². The van der Waals surface area contributed by atoms with Gasteiger partial charge in [0.15, 0.2) is 0 Å². The third kappa shape index (κ3) is 5.55. The molecular weight excluding hydrogens is 338 g/mol. The highest BCUT2D eigenvalue weighted by Crippen LogP contribution is 2.10. The predicted octanol–water partition coefficient (Wildman–Crippen LogP) is 0.390. The number of urea groups is 1. The second kappa shape index (κ2) is 8.95. The van der Waals surface area contributed by atoms with Gasteiger partial charge in [-0.05, 0) is 38.6 Å². The van der Waals surface area contributed by atoms with Crippen molar-refractivity contribution in [3.8, 4) is 0 Å². The summed E-state index contributed by atoms with van der Waals surface area (Å²) in [6.07, 6.45) is 1.62. The first-order valence-corrected chi connectivity index (χ1v) is 8.24. The Morgan fingerprint density at radius 2 is 2.19 bits per heavy atom. The van der Waals surface area contributed by atoms with E-state index in [0.29, 0.717) is 17.1 Å². The molecule has 1 aliphatic rings. The molecule has 0 spiro atoms. The minimum atomic E-state index is -0.489. The number of esters is 1. The van der Waals surface area contributed by atoms with Crippen LogP contribution < -0.4 is 16.0 Å². The highest BCUT2D eigenvalue weighted by Gasteiger charge is 2.24. The summed E-state index contributed by atoms with van der Waals surface area (Å²) in [5.41, 5.74) is 1.76. The molecule has 26 heavy (non-hydrogen) atoms. The standard InChI is InChI=1S/C17H23N5O4/c1-4-26-16(24)12-8-19-17(25)20-13(12)9-22(3)10-15(23)21-14-7-11(2)5-6-18-14/h5-7H,4,8-10H2,1-3H3,(H,18,21,23)(H2,19,20,25). The predicted molar refractivity (Wildman–Crippen MR) is 95.3 cm³/mol. The van der Waals surface area contributed by atoms with Crippen molar-refractivity contribution in [3.05, 3.63) is 35.2 Å². The van der Waals surface area contributed by atoms with Crippen LogP contribution in [0.5, 0.6) is 0 Å². The number of nitrogens with one attached hydrogen (secondary N) is 3. The number of rotatable bonds is 7. The number of anilines is 1. The number of pyridine rings is 1. The number of likely N-dealkylation sites (N-methyl/N-ethyl adjacent to an activating group) is 1. The molecule has 2 heterocycles. The van der Waals surface area contributed by atoms with Gasteiger partial charge in [-0.15, -0.1) is 0 Å². The van der Waals surface area contributed by atoms with E-state index < -0.39 is 12.0 Å². The van der Waals surface area contributed by atoms with Crippen molar-refractivity contribution >= 4 is 23.7 Å². The number of aryl methyl sites for hydroxylation is 1. The largest absolute Gasteiger partial charge is 0.463 e. The average Bonchev–Trinajstić information content (AvgIpc) is 2.54. The van der Waals surface area contributed by atoms with Crippen molar-refractivity contribution < 1.29 is 19.1 Å². The first-order valence-electron chi connectivity index (χ1n) is 8.24. The van der Waals surface area contributed by atoms with Crippen LogP contribution in [0.4, 0.5) is 10.6 Å². The summed E-state index contributed by atoms with van der Waals surface area (Å²) >= 11 is 0. The Labute approximate surface area is 151 Å². The summed E-state index contributed by atoms with van der Waals surface area (Å²) in [6, 6.07) is 3.21. The zero-order valence-corrected chi connectivity index (χ0v) is 15.1. The summed E-state index contributed by atoms with van der Waals surface area (Å²) in [5, 5.41) is 7.86. The molecule has 0 aromatic carbocycles. The Bertz CT molecular complexity index is 732. The van der Waals surface area contributed by atoms with E-state index in [1.54, 1.807) is 31.1 Å².